The van der Waals surface area contributed by atoms with Gasteiger partial charge in [0.2, 0.25) is 0 Å². The van der Waals surface area contributed by atoms with Gasteiger partial charge < -0.3 is 10.6 Å². The van der Waals surface area contributed by atoms with Crippen LogP contribution in [0, 0.1) is 5.92 Å². The first kappa shape index (κ1) is 10.0. The Morgan fingerprint density at radius 3 is 2.42 bits per heavy atom. The molecule has 0 unspecified atom stereocenters. The van der Waals surface area contributed by atoms with Gasteiger partial charge in [0.15, 0.2) is 0 Å². The third-order valence-electron chi connectivity index (χ3n) is 2.83. The lowest BCUT2D eigenvalue weighted by atomic mass is 9.94. The second-order valence-electron chi connectivity index (χ2n) is 4.13. The molecule has 2 N–H and O–H groups in total. The van der Waals surface area contributed by atoms with E-state index in [9.17, 15) is 0 Å². The average Bonchev–Trinajstić information content (AvgIpc) is 2.05. The zero-order valence-electron chi connectivity index (χ0n) is 8.42. The first-order valence-corrected chi connectivity index (χ1v) is 5.20. The average molecular weight is 170 g/mol. The predicted octanol–water partition coefficient (Wildman–Crippen LogP) is 1.46. The lowest BCUT2D eigenvalue weighted by Gasteiger charge is -2.32. The van der Waals surface area contributed by atoms with Crippen molar-refractivity contribution in [1.29, 1.82) is 0 Å². The number of hydrogen-bond acceptors (Lipinski definition) is 2. The van der Waals surface area contributed by atoms with Crippen molar-refractivity contribution in [2.75, 3.05) is 19.6 Å². The lowest BCUT2D eigenvalue weighted by Crippen LogP contribution is -2.40. The molecule has 0 spiro atoms. The lowest BCUT2D eigenvalue weighted by molar-refractivity contribution is 0.175. The van der Waals surface area contributed by atoms with Gasteiger partial charge in [0.05, 0.1) is 0 Å². The van der Waals surface area contributed by atoms with Crippen LogP contribution in [-0.4, -0.2) is 30.6 Å². The normalized spacial score (nSPS) is 24.2. The molecule has 72 valence electrons. The van der Waals surface area contributed by atoms with Gasteiger partial charge in [-0.15, -0.1) is 0 Å². The summed E-state index contributed by atoms with van der Waals surface area (Å²) in [7, 11) is 0. The fourth-order valence-corrected chi connectivity index (χ4v) is 1.98. The fourth-order valence-electron chi connectivity index (χ4n) is 1.98. The van der Waals surface area contributed by atoms with Crippen LogP contribution in [0.2, 0.25) is 0 Å². The van der Waals surface area contributed by atoms with Crippen molar-refractivity contribution in [3.8, 4) is 0 Å². The van der Waals surface area contributed by atoms with Crippen molar-refractivity contribution in [1.82, 2.24) is 4.90 Å². The van der Waals surface area contributed by atoms with E-state index in [0.29, 0.717) is 6.04 Å². The molecule has 1 aliphatic heterocycles. The van der Waals surface area contributed by atoms with Gasteiger partial charge in [-0.25, -0.2) is 0 Å². The molecule has 1 atom stereocenters. The van der Waals surface area contributed by atoms with Crippen molar-refractivity contribution in [2.45, 2.75) is 39.2 Å². The Morgan fingerprint density at radius 1 is 1.42 bits per heavy atom. The van der Waals surface area contributed by atoms with Crippen molar-refractivity contribution in [3.05, 3.63) is 0 Å². The van der Waals surface area contributed by atoms with Crippen LogP contribution >= 0.6 is 0 Å². The maximum Gasteiger partial charge on any atom is 0.0139 e. The van der Waals surface area contributed by atoms with Gasteiger partial charge in [0.1, 0.15) is 0 Å². The molecule has 12 heavy (non-hydrogen) atoms. The molecule has 0 radical (unpaired) electrons. The zero-order chi connectivity index (χ0) is 8.97. The largest absolute Gasteiger partial charge is 0.327 e. The molecule has 0 aliphatic carbocycles. The Hall–Kier alpha value is -0.0800. The summed E-state index contributed by atoms with van der Waals surface area (Å²) in [4.78, 5) is 2.50. The molecule has 0 aromatic heterocycles. The summed E-state index contributed by atoms with van der Waals surface area (Å²) >= 11 is 0. The standard InChI is InChI=1S/C10H22N2/c1-3-10-4-6-12(7-5-10)8-9(2)11/h9-10H,3-8,11H2,1-2H3/t9-/m0/s1. The fraction of sp³-hybridized carbons (Fsp3) is 1.00. The van der Waals surface area contributed by atoms with Crippen molar-refractivity contribution in [2.24, 2.45) is 11.7 Å². The van der Waals surface area contributed by atoms with Crippen LogP contribution in [0.5, 0.6) is 0 Å². The van der Waals surface area contributed by atoms with E-state index in [2.05, 4.69) is 18.7 Å². The molecular weight excluding hydrogens is 148 g/mol. The number of nitrogens with zero attached hydrogens (tertiary/aromatic N) is 1. The molecule has 0 amide bonds. The quantitative estimate of drug-likeness (QED) is 0.694. The van der Waals surface area contributed by atoms with Crippen molar-refractivity contribution in [3.63, 3.8) is 0 Å². The number of hydrogen-bond donors (Lipinski definition) is 1. The second kappa shape index (κ2) is 4.83. The van der Waals surface area contributed by atoms with E-state index in [1.54, 1.807) is 0 Å². The van der Waals surface area contributed by atoms with E-state index >= 15 is 0 Å². The van der Waals surface area contributed by atoms with Crippen LogP contribution in [0.3, 0.4) is 0 Å². The maximum atomic E-state index is 5.75. The molecule has 0 bridgehead atoms. The van der Waals surface area contributed by atoms with Gasteiger partial charge in [-0.05, 0) is 38.8 Å². The van der Waals surface area contributed by atoms with Gasteiger partial charge in [-0.2, -0.15) is 0 Å². The Bertz CT molecular complexity index is 115. The highest BCUT2D eigenvalue weighted by Crippen LogP contribution is 2.19. The Kier molecular flexibility index (Phi) is 4.02. The smallest absolute Gasteiger partial charge is 0.0139 e. The van der Waals surface area contributed by atoms with E-state index in [1.807, 2.05) is 0 Å². The maximum absolute atomic E-state index is 5.75. The molecule has 1 rings (SSSR count). The van der Waals surface area contributed by atoms with Gasteiger partial charge >= 0.3 is 0 Å². The third kappa shape index (κ3) is 3.11. The van der Waals surface area contributed by atoms with Crippen molar-refractivity contribution < 1.29 is 0 Å². The summed E-state index contributed by atoms with van der Waals surface area (Å²) in [6, 6.07) is 0.336. The molecule has 0 aromatic rings. The topological polar surface area (TPSA) is 29.3 Å². The minimum Gasteiger partial charge on any atom is -0.327 e. The van der Waals surface area contributed by atoms with E-state index in [-0.39, 0.29) is 0 Å². The summed E-state index contributed by atoms with van der Waals surface area (Å²) in [6.07, 6.45) is 4.11. The van der Waals surface area contributed by atoms with Crippen molar-refractivity contribution >= 4 is 0 Å². The number of rotatable bonds is 3. The molecule has 1 heterocycles. The highest BCUT2D eigenvalue weighted by molar-refractivity contribution is 4.73. The first-order chi connectivity index (χ1) is 5.72. The van der Waals surface area contributed by atoms with Gasteiger partial charge in [-0.1, -0.05) is 13.3 Å². The van der Waals surface area contributed by atoms with Crippen LogP contribution < -0.4 is 5.73 Å². The van der Waals surface area contributed by atoms with E-state index in [0.717, 1.165) is 12.5 Å². The molecule has 0 saturated carbocycles. The van der Waals surface area contributed by atoms with Crippen LogP contribution in [0.1, 0.15) is 33.1 Å². The molecule has 2 nitrogen and oxygen atoms in total. The van der Waals surface area contributed by atoms with Crippen LogP contribution in [0.25, 0.3) is 0 Å². The number of nitrogens with two attached hydrogens (primary N) is 1. The molecule has 1 saturated heterocycles. The third-order valence-corrected chi connectivity index (χ3v) is 2.83. The summed E-state index contributed by atoms with van der Waals surface area (Å²) in [5.74, 6) is 0.981. The number of likely N-dealkylation sites (tertiary alicyclic amines) is 1. The first-order valence-electron chi connectivity index (χ1n) is 5.20. The Balaban J connectivity index is 2.17. The van der Waals surface area contributed by atoms with Crippen LogP contribution in [0.4, 0.5) is 0 Å². The van der Waals surface area contributed by atoms with E-state index in [1.165, 1.54) is 32.4 Å². The molecule has 1 fully saturated rings. The monoisotopic (exact) mass is 170 g/mol. The van der Waals surface area contributed by atoms with Crippen LogP contribution in [0.15, 0.2) is 0 Å². The van der Waals surface area contributed by atoms with Gasteiger partial charge in [-0.3, -0.25) is 0 Å². The van der Waals surface area contributed by atoms with Gasteiger partial charge in [0, 0.05) is 12.6 Å². The summed E-state index contributed by atoms with van der Waals surface area (Å²) in [5, 5.41) is 0. The summed E-state index contributed by atoms with van der Waals surface area (Å²) in [6.45, 7) is 7.99. The molecule has 2 heteroatoms. The van der Waals surface area contributed by atoms with Gasteiger partial charge in [0.25, 0.3) is 0 Å². The predicted molar refractivity (Wildman–Crippen MR) is 53.1 cm³/mol. The van der Waals surface area contributed by atoms with E-state index in [4.69, 9.17) is 5.73 Å². The summed E-state index contributed by atoms with van der Waals surface area (Å²) < 4.78 is 0. The molecular formula is C10H22N2. The van der Waals surface area contributed by atoms with Crippen LogP contribution in [-0.2, 0) is 0 Å². The van der Waals surface area contributed by atoms with E-state index < -0.39 is 0 Å². The SMILES string of the molecule is CCC1CCN(C[C@H](C)N)CC1. The minimum atomic E-state index is 0.336. The molecule has 0 aromatic carbocycles. The Labute approximate surface area is 76.1 Å². The zero-order valence-corrected chi connectivity index (χ0v) is 8.42. The minimum absolute atomic E-state index is 0.336. The highest BCUT2D eigenvalue weighted by Gasteiger charge is 2.17. The molecule has 1 aliphatic rings. The Morgan fingerprint density at radius 2 is 2.00 bits per heavy atom. The summed E-state index contributed by atoms with van der Waals surface area (Å²) in [5.41, 5.74) is 5.75. The number of piperidine rings is 1. The highest BCUT2D eigenvalue weighted by atomic mass is 15.1. The second-order valence-corrected chi connectivity index (χ2v) is 4.13.